The van der Waals surface area contributed by atoms with E-state index in [1.54, 1.807) is 23.1 Å². The number of piperazine rings is 1. The van der Waals surface area contributed by atoms with Crippen molar-refractivity contribution in [3.63, 3.8) is 0 Å². The summed E-state index contributed by atoms with van der Waals surface area (Å²) in [5.41, 5.74) is 0. The molecule has 1 fully saturated rings. The Bertz CT molecular complexity index is 1090. The third-order valence-corrected chi connectivity index (χ3v) is 7.36. The lowest BCUT2D eigenvalue weighted by molar-refractivity contribution is -0.142. The molecule has 0 aliphatic carbocycles. The topological polar surface area (TPSA) is 96.4 Å². The van der Waals surface area contributed by atoms with Crippen LogP contribution in [0, 0.1) is 0 Å². The van der Waals surface area contributed by atoms with Gasteiger partial charge in [0.25, 0.3) is 5.91 Å². The van der Waals surface area contributed by atoms with Gasteiger partial charge in [0.15, 0.2) is 17.2 Å². The van der Waals surface area contributed by atoms with Crippen LogP contribution in [0.1, 0.15) is 0 Å². The molecule has 1 amide bonds. The van der Waals surface area contributed by atoms with Crippen molar-refractivity contribution >= 4 is 39.1 Å². The van der Waals surface area contributed by atoms with E-state index >= 15 is 0 Å². The summed E-state index contributed by atoms with van der Waals surface area (Å²) in [6.45, 7) is 0.552. The largest absolute Gasteiger partial charge is 0.505 e. The first-order chi connectivity index (χ1) is 14.3. The molecule has 4 rings (SSSR count). The molecule has 1 unspecified atom stereocenters. The van der Waals surface area contributed by atoms with Gasteiger partial charge in [-0.15, -0.1) is 0 Å². The van der Waals surface area contributed by atoms with Gasteiger partial charge in [0, 0.05) is 31.2 Å². The van der Waals surface area contributed by atoms with Gasteiger partial charge >= 0.3 is 0 Å². The van der Waals surface area contributed by atoms with E-state index in [-0.39, 0.29) is 53.6 Å². The number of aromatic hydroxyl groups is 1. The highest BCUT2D eigenvalue weighted by molar-refractivity contribution is 7.89. The number of nitrogens with zero attached hydrogens (tertiary/aromatic N) is 2. The van der Waals surface area contributed by atoms with Crippen LogP contribution in [0.3, 0.4) is 0 Å². The van der Waals surface area contributed by atoms with Crippen molar-refractivity contribution in [2.75, 3.05) is 32.8 Å². The minimum atomic E-state index is -4.03. The second-order valence-corrected chi connectivity index (χ2v) is 9.58. The maximum atomic E-state index is 12.9. The first-order valence-corrected chi connectivity index (χ1v) is 11.3. The van der Waals surface area contributed by atoms with Crippen LogP contribution in [0.4, 0.5) is 0 Å². The highest BCUT2D eigenvalue weighted by Crippen LogP contribution is 2.36. The van der Waals surface area contributed by atoms with Gasteiger partial charge < -0.3 is 19.5 Å². The number of fused-ring (bicyclic) bond motifs is 1. The molecule has 0 radical (unpaired) electrons. The van der Waals surface area contributed by atoms with Gasteiger partial charge in [-0.1, -0.05) is 35.3 Å². The summed E-state index contributed by atoms with van der Waals surface area (Å²) in [5, 5.41) is 10.0. The highest BCUT2D eigenvalue weighted by atomic mass is 35.5. The fourth-order valence-electron chi connectivity index (χ4n) is 3.37. The number of ether oxygens (including phenoxy) is 2. The fourth-order valence-corrected chi connectivity index (χ4v) is 5.54. The molecule has 8 nitrogen and oxygen atoms in total. The maximum absolute atomic E-state index is 12.9. The summed E-state index contributed by atoms with van der Waals surface area (Å²) in [5.74, 6) is 0.260. The second kappa shape index (κ2) is 8.14. The van der Waals surface area contributed by atoms with Crippen molar-refractivity contribution in [3.05, 3.63) is 46.4 Å². The van der Waals surface area contributed by atoms with Gasteiger partial charge in [-0.3, -0.25) is 4.79 Å². The number of phenols is 1. The summed E-state index contributed by atoms with van der Waals surface area (Å²) in [4.78, 5) is 14.0. The zero-order valence-corrected chi connectivity index (χ0v) is 18.0. The zero-order chi connectivity index (χ0) is 21.5. The Morgan fingerprint density at radius 3 is 2.43 bits per heavy atom. The third kappa shape index (κ3) is 3.90. The van der Waals surface area contributed by atoms with E-state index < -0.39 is 21.9 Å². The van der Waals surface area contributed by atoms with Crippen LogP contribution >= 0.6 is 23.2 Å². The van der Waals surface area contributed by atoms with Crippen LogP contribution in [0.25, 0.3) is 0 Å². The van der Waals surface area contributed by atoms with Crippen LogP contribution in [0.2, 0.25) is 10.0 Å². The zero-order valence-electron chi connectivity index (χ0n) is 15.6. The smallest absolute Gasteiger partial charge is 0.267 e. The molecule has 2 heterocycles. The average molecular weight is 473 g/mol. The highest BCUT2D eigenvalue weighted by Gasteiger charge is 2.36. The number of amides is 1. The van der Waals surface area contributed by atoms with Crippen LogP contribution in [-0.2, 0) is 14.8 Å². The fraction of sp³-hybridized carbons (Fsp3) is 0.316. The van der Waals surface area contributed by atoms with E-state index in [1.807, 2.05) is 6.07 Å². The van der Waals surface area contributed by atoms with Crippen LogP contribution in [-0.4, -0.2) is 67.5 Å². The van der Waals surface area contributed by atoms with Gasteiger partial charge in [0.2, 0.25) is 16.1 Å². The molecule has 2 aliphatic heterocycles. The molecule has 1 atom stereocenters. The van der Waals surface area contributed by atoms with Crippen molar-refractivity contribution in [1.29, 1.82) is 0 Å². The van der Waals surface area contributed by atoms with E-state index in [0.29, 0.717) is 11.5 Å². The molecular weight excluding hydrogens is 455 g/mol. The lowest BCUT2D eigenvalue weighted by Crippen LogP contribution is -2.55. The Labute approximate surface area is 183 Å². The number of carbonyl (C=O) groups is 1. The second-order valence-electron chi connectivity index (χ2n) is 6.83. The Kier molecular flexibility index (Phi) is 5.71. The van der Waals surface area contributed by atoms with Crippen LogP contribution < -0.4 is 9.47 Å². The van der Waals surface area contributed by atoms with Crippen molar-refractivity contribution in [2.24, 2.45) is 0 Å². The summed E-state index contributed by atoms with van der Waals surface area (Å²) < 4.78 is 38.4. The third-order valence-electron chi connectivity index (χ3n) is 4.95. The van der Waals surface area contributed by atoms with Crippen LogP contribution in [0.5, 0.6) is 17.2 Å². The molecule has 2 aromatic carbocycles. The molecule has 0 spiro atoms. The van der Waals surface area contributed by atoms with Gasteiger partial charge in [-0.25, -0.2) is 8.42 Å². The van der Waals surface area contributed by atoms with Gasteiger partial charge in [0.05, 0.1) is 5.02 Å². The minimum absolute atomic E-state index is 0.0574. The van der Waals surface area contributed by atoms with Crippen molar-refractivity contribution < 1.29 is 27.8 Å². The molecule has 0 aromatic heterocycles. The summed E-state index contributed by atoms with van der Waals surface area (Å²) in [7, 11) is -4.03. The molecular formula is C19H18Cl2N2O6S. The van der Waals surface area contributed by atoms with Crippen LogP contribution in [0.15, 0.2) is 41.3 Å². The quantitative estimate of drug-likeness (QED) is 0.736. The molecule has 1 saturated heterocycles. The molecule has 2 aromatic rings. The van der Waals surface area contributed by atoms with E-state index in [2.05, 4.69) is 0 Å². The molecule has 0 saturated carbocycles. The Morgan fingerprint density at radius 2 is 1.73 bits per heavy atom. The Morgan fingerprint density at radius 1 is 1.07 bits per heavy atom. The number of benzene rings is 2. The number of sulfonamides is 1. The molecule has 1 N–H and O–H groups in total. The number of phenolic OH excluding ortho intramolecular Hbond substituents is 1. The number of hydrogen-bond acceptors (Lipinski definition) is 6. The predicted molar refractivity (Wildman–Crippen MR) is 110 cm³/mol. The number of rotatable bonds is 3. The Balaban J connectivity index is 1.43. The number of carbonyl (C=O) groups excluding carboxylic acids is 1. The normalized spacial score (nSPS) is 19.5. The van der Waals surface area contributed by atoms with Gasteiger partial charge in [0.1, 0.15) is 11.5 Å². The minimum Gasteiger partial charge on any atom is -0.505 e. The maximum Gasteiger partial charge on any atom is 0.267 e. The van der Waals surface area contributed by atoms with E-state index in [1.165, 1.54) is 10.4 Å². The van der Waals surface area contributed by atoms with Crippen molar-refractivity contribution in [3.8, 4) is 17.2 Å². The monoisotopic (exact) mass is 472 g/mol. The number of halogens is 2. The van der Waals surface area contributed by atoms with E-state index in [4.69, 9.17) is 32.7 Å². The van der Waals surface area contributed by atoms with Gasteiger partial charge in [-0.05, 0) is 24.3 Å². The Hall–Kier alpha value is -2.20. The standard InChI is InChI=1S/C19H18Cl2N2O6S/c20-12-9-13(21)18(24)17(10-12)30(26,27)23-7-5-22(6-8-23)19(25)16-11-28-14-3-1-2-4-15(14)29-16/h1-4,9-10,16,24H,5-8,11H2. The molecule has 2 aliphatic rings. The average Bonchev–Trinajstić information content (AvgIpc) is 2.75. The van der Waals surface area contributed by atoms with E-state index in [0.717, 1.165) is 6.07 Å². The molecule has 0 bridgehead atoms. The number of hydrogen-bond donors (Lipinski definition) is 1. The van der Waals surface area contributed by atoms with E-state index in [9.17, 15) is 18.3 Å². The SMILES string of the molecule is O=C(C1COc2ccccc2O1)N1CCN(S(=O)(=O)c2cc(Cl)cc(Cl)c2O)CC1. The molecule has 160 valence electrons. The lowest BCUT2D eigenvalue weighted by Gasteiger charge is -2.36. The van der Waals surface area contributed by atoms with Crippen molar-refractivity contribution in [1.82, 2.24) is 9.21 Å². The molecule has 11 heteroatoms. The van der Waals surface area contributed by atoms with Gasteiger partial charge in [-0.2, -0.15) is 4.31 Å². The van der Waals surface area contributed by atoms with Crippen molar-refractivity contribution in [2.45, 2.75) is 11.0 Å². The molecule has 30 heavy (non-hydrogen) atoms. The number of para-hydroxylation sites is 2. The first-order valence-electron chi connectivity index (χ1n) is 9.13. The summed E-state index contributed by atoms with van der Waals surface area (Å²) in [6.07, 6.45) is -0.793. The summed E-state index contributed by atoms with van der Waals surface area (Å²) in [6, 6.07) is 9.50. The first kappa shape index (κ1) is 21.0. The lowest BCUT2D eigenvalue weighted by atomic mass is 10.2. The summed E-state index contributed by atoms with van der Waals surface area (Å²) >= 11 is 11.8. The predicted octanol–water partition coefficient (Wildman–Crippen LogP) is 2.37.